The summed E-state index contributed by atoms with van der Waals surface area (Å²) in [5.74, 6) is 3.38. The summed E-state index contributed by atoms with van der Waals surface area (Å²) in [5, 5.41) is 7.22. The number of nitrogen functional groups attached to an aromatic ring is 1. The van der Waals surface area contributed by atoms with Crippen LogP contribution in [0.1, 0.15) is 19.0 Å². The molecule has 21 heavy (non-hydrogen) atoms. The fourth-order valence-corrected chi connectivity index (χ4v) is 3.28. The molecule has 3 aromatic rings. The summed E-state index contributed by atoms with van der Waals surface area (Å²) in [6, 6.07) is 8.09. The van der Waals surface area contributed by atoms with Crippen molar-refractivity contribution in [3.05, 3.63) is 30.0 Å². The standard InChI is InChI=1S/C15H19N5S/c1-3-8-21-9-11-13(14(16)19-18-11)15-17-10-6-4-5-7-12(10)20(15)2/h4-7H,3,8-9H2,1-2H3,(H3,16,18,19). The van der Waals surface area contributed by atoms with Crippen LogP contribution in [0.15, 0.2) is 24.3 Å². The Labute approximate surface area is 127 Å². The highest BCUT2D eigenvalue weighted by molar-refractivity contribution is 7.98. The second-order valence-corrected chi connectivity index (χ2v) is 6.10. The molecular weight excluding hydrogens is 282 g/mol. The third-order valence-corrected chi connectivity index (χ3v) is 4.66. The second kappa shape index (κ2) is 5.81. The maximum Gasteiger partial charge on any atom is 0.156 e. The normalized spacial score (nSPS) is 11.3. The van der Waals surface area contributed by atoms with Gasteiger partial charge >= 0.3 is 0 Å². The maximum absolute atomic E-state index is 6.06. The zero-order valence-electron chi connectivity index (χ0n) is 12.3. The van der Waals surface area contributed by atoms with Gasteiger partial charge in [0.15, 0.2) is 5.82 Å². The Morgan fingerprint density at radius 1 is 1.33 bits per heavy atom. The second-order valence-electron chi connectivity index (χ2n) is 5.00. The number of thioether (sulfide) groups is 1. The number of fused-ring (bicyclic) bond motifs is 1. The van der Waals surface area contributed by atoms with Crippen molar-refractivity contribution in [3.8, 4) is 11.4 Å². The van der Waals surface area contributed by atoms with Crippen molar-refractivity contribution in [1.82, 2.24) is 19.7 Å². The van der Waals surface area contributed by atoms with E-state index in [9.17, 15) is 0 Å². The topological polar surface area (TPSA) is 72.5 Å². The summed E-state index contributed by atoms with van der Waals surface area (Å²) in [6.45, 7) is 2.18. The van der Waals surface area contributed by atoms with Crippen molar-refractivity contribution in [3.63, 3.8) is 0 Å². The molecule has 2 aromatic heterocycles. The first-order chi connectivity index (χ1) is 10.2. The number of aromatic amines is 1. The number of hydrogen-bond donors (Lipinski definition) is 2. The van der Waals surface area contributed by atoms with Gasteiger partial charge in [-0.3, -0.25) is 5.10 Å². The number of imidazole rings is 1. The van der Waals surface area contributed by atoms with E-state index in [-0.39, 0.29) is 0 Å². The van der Waals surface area contributed by atoms with Crippen LogP contribution >= 0.6 is 11.8 Å². The van der Waals surface area contributed by atoms with E-state index in [0.29, 0.717) is 5.82 Å². The first-order valence-electron chi connectivity index (χ1n) is 7.04. The summed E-state index contributed by atoms with van der Waals surface area (Å²) in [7, 11) is 2.01. The SMILES string of the molecule is CCCSCc1[nH]nc(N)c1-c1nc2ccccc2n1C. The predicted molar refractivity (Wildman–Crippen MR) is 89.2 cm³/mol. The van der Waals surface area contributed by atoms with Gasteiger partial charge in [0.1, 0.15) is 5.82 Å². The van der Waals surface area contributed by atoms with Crippen LogP contribution in [-0.2, 0) is 12.8 Å². The van der Waals surface area contributed by atoms with Gasteiger partial charge in [-0.05, 0) is 24.3 Å². The summed E-state index contributed by atoms with van der Waals surface area (Å²) >= 11 is 1.88. The minimum Gasteiger partial charge on any atom is -0.382 e. The van der Waals surface area contributed by atoms with Gasteiger partial charge in [-0.25, -0.2) is 4.98 Å². The highest BCUT2D eigenvalue weighted by Gasteiger charge is 2.18. The number of rotatable bonds is 5. The van der Waals surface area contributed by atoms with Crippen LogP contribution in [-0.4, -0.2) is 25.5 Å². The van der Waals surface area contributed by atoms with Crippen LogP contribution in [0.3, 0.4) is 0 Å². The molecule has 0 amide bonds. The third-order valence-electron chi connectivity index (χ3n) is 3.47. The van der Waals surface area contributed by atoms with Crippen molar-refractivity contribution in [1.29, 1.82) is 0 Å². The first-order valence-corrected chi connectivity index (χ1v) is 8.20. The van der Waals surface area contributed by atoms with E-state index < -0.39 is 0 Å². The molecule has 5 nitrogen and oxygen atoms in total. The highest BCUT2D eigenvalue weighted by Crippen LogP contribution is 2.31. The largest absolute Gasteiger partial charge is 0.382 e. The number of benzene rings is 1. The van der Waals surface area contributed by atoms with Gasteiger partial charge in [0.2, 0.25) is 0 Å². The molecule has 0 atom stereocenters. The summed E-state index contributed by atoms with van der Waals surface area (Å²) in [4.78, 5) is 4.72. The quantitative estimate of drug-likeness (QED) is 0.710. The molecular formula is C15H19N5S. The smallest absolute Gasteiger partial charge is 0.156 e. The molecule has 0 fully saturated rings. The molecule has 0 aliphatic rings. The predicted octanol–water partition coefficient (Wildman–Crippen LogP) is 3.19. The van der Waals surface area contributed by atoms with Crippen LogP contribution in [0.4, 0.5) is 5.82 Å². The Hall–Kier alpha value is -1.95. The minimum atomic E-state index is 0.514. The monoisotopic (exact) mass is 301 g/mol. The molecule has 0 aliphatic heterocycles. The van der Waals surface area contributed by atoms with Crippen molar-refractivity contribution >= 4 is 28.6 Å². The molecule has 0 unspecified atom stereocenters. The number of nitrogens with two attached hydrogens (primary N) is 1. The molecule has 1 aromatic carbocycles. The number of hydrogen-bond acceptors (Lipinski definition) is 4. The van der Waals surface area contributed by atoms with Gasteiger partial charge < -0.3 is 10.3 Å². The van der Waals surface area contributed by atoms with Gasteiger partial charge in [0, 0.05) is 12.8 Å². The molecule has 6 heteroatoms. The van der Waals surface area contributed by atoms with Gasteiger partial charge in [-0.2, -0.15) is 16.9 Å². The molecule has 3 N–H and O–H groups in total. The minimum absolute atomic E-state index is 0.514. The lowest BCUT2D eigenvalue weighted by Gasteiger charge is -2.04. The van der Waals surface area contributed by atoms with Crippen molar-refractivity contribution in [2.45, 2.75) is 19.1 Å². The Morgan fingerprint density at radius 3 is 2.90 bits per heavy atom. The number of aryl methyl sites for hydroxylation is 1. The highest BCUT2D eigenvalue weighted by atomic mass is 32.2. The van der Waals surface area contributed by atoms with E-state index in [1.165, 1.54) is 0 Å². The maximum atomic E-state index is 6.06. The van der Waals surface area contributed by atoms with E-state index in [1.807, 2.05) is 37.0 Å². The fourth-order valence-electron chi connectivity index (χ4n) is 2.44. The third kappa shape index (κ3) is 2.51. The number of para-hydroxylation sites is 2. The van der Waals surface area contributed by atoms with E-state index in [0.717, 1.165) is 46.0 Å². The van der Waals surface area contributed by atoms with Crippen LogP contribution in [0, 0.1) is 0 Å². The molecule has 0 saturated carbocycles. The van der Waals surface area contributed by atoms with Gasteiger partial charge in [-0.15, -0.1) is 0 Å². The van der Waals surface area contributed by atoms with Gasteiger partial charge in [0.25, 0.3) is 0 Å². The average Bonchev–Trinajstić information content (AvgIpc) is 3.01. The Bertz CT molecular complexity index is 759. The molecule has 0 saturated heterocycles. The van der Waals surface area contributed by atoms with Crippen molar-refractivity contribution < 1.29 is 0 Å². The Balaban J connectivity index is 2.05. The molecule has 3 rings (SSSR count). The van der Waals surface area contributed by atoms with E-state index in [4.69, 9.17) is 10.7 Å². The zero-order chi connectivity index (χ0) is 14.8. The molecule has 0 aliphatic carbocycles. The lowest BCUT2D eigenvalue weighted by Crippen LogP contribution is -1.97. The van der Waals surface area contributed by atoms with E-state index in [2.05, 4.69) is 27.8 Å². The molecule has 0 radical (unpaired) electrons. The van der Waals surface area contributed by atoms with Crippen molar-refractivity contribution in [2.24, 2.45) is 7.05 Å². The van der Waals surface area contributed by atoms with Crippen LogP contribution in [0.2, 0.25) is 0 Å². The summed E-state index contributed by atoms with van der Waals surface area (Å²) in [6.07, 6.45) is 1.16. The molecule has 0 spiro atoms. The number of nitrogens with one attached hydrogen (secondary N) is 1. The molecule has 2 heterocycles. The molecule has 110 valence electrons. The van der Waals surface area contributed by atoms with Gasteiger partial charge in [0.05, 0.1) is 22.3 Å². The van der Waals surface area contributed by atoms with Crippen LogP contribution in [0.25, 0.3) is 22.4 Å². The lowest BCUT2D eigenvalue weighted by atomic mass is 10.2. The number of anilines is 1. The fraction of sp³-hybridized carbons (Fsp3) is 0.333. The molecule has 0 bridgehead atoms. The van der Waals surface area contributed by atoms with Crippen LogP contribution in [0.5, 0.6) is 0 Å². The van der Waals surface area contributed by atoms with E-state index in [1.54, 1.807) is 0 Å². The van der Waals surface area contributed by atoms with E-state index >= 15 is 0 Å². The lowest BCUT2D eigenvalue weighted by molar-refractivity contribution is 0.956. The van der Waals surface area contributed by atoms with Crippen LogP contribution < -0.4 is 5.73 Å². The Kier molecular flexibility index (Phi) is 3.88. The number of H-pyrrole nitrogens is 1. The van der Waals surface area contributed by atoms with Gasteiger partial charge in [-0.1, -0.05) is 19.1 Å². The number of nitrogens with zero attached hydrogens (tertiary/aromatic N) is 3. The first kappa shape index (κ1) is 14.0. The average molecular weight is 301 g/mol. The Morgan fingerprint density at radius 2 is 2.14 bits per heavy atom. The zero-order valence-corrected chi connectivity index (χ0v) is 13.1. The number of aromatic nitrogens is 4. The summed E-state index contributed by atoms with van der Waals surface area (Å²) < 4.78 is 2.07. The van der Waals surface area contributed by atoms with Crippen molar-refractivity contribution in [2.75, 3.05) is 11.5 Å². The summed E-state index contributed by atoms with van der Waals surface area (Å²) in [5.41, 5.74) is 10.1.